The number of methoxy groups -OCH3 is 2. The van der Waals surface area contributed by atoms with Gasteiger partial charge >= 0.3 is 0 Å². The van der Waals surface area contributed by atoms with Gasteiger partial charge < -0.3 is 19.5 Å². The lowest BCUT2D eigenvalue weighted by molar-refractivity contribution is -0.129. The first kappa shape index (κ1) is 20.0. The van der Waals surface area contributed by atoms with Crippen LogP contribution in [0.2, 0.25) is 0 Å². The van der Waals surface area contributed by atoms with Crippen molar-refractivity contribution in [2.45, 2.75) is 18.1 Å². The number of phenolic OH excluding ortho intramolecular Hbond substituents is 1. The number of phenols is 1. The van der Waals surface area contributed by atoms with Gasteiger partial charge in [-0.15, -0.1) is 5.10 Å². The van der Waals surface area contributed by atoms with Crippen LogP contribution in [0.15, 0.2) is 41.6 Å². The average molecular weight is 427 g/mol. The number of aromatic nitrogens is 4. The number of amides is 1. The Labute approximate surface area is 177 Å². The van der Waals surface area contributed by atoms with Crippen molar-refractivity contribution in [3.05, 3.63) is 47.5 Å². The number of thioether (sulfide) groups is 1. The third kappa shape index (κ3) is 4.04. The second-order valence-electron chi connectivity index (χ2n) is 6.72. The molecule has 3 aromatic rings. The zero-order valence-corrected chi connectivity index (χ0v) is 17.4. The highest BCUT2D eigenvalue weighted by Gasteiger charge is 2.23. The molecule has 156 valence electrons. The van der Waals surface area contributed by atoms with E-state index >= 15 is 0 Å². The summed E-state index contributed by atoms with van der Waals surface area (Å²) in [5.74, 6) is 1.76. The number of hydrogen-bond acceptors (Lipinski definition) is 8. The van der Waals surface area contributed by atoms with E-state index in [0.29, 0.717) is 35.4 Å². The average Bonchev–Trinajstić information content (AvgIpc) is 3.25. The molecule has 1 N–H and O–H groups in total. The van der Waals surface area contributed by atoms with Crippen LogP contribution >= 0.6 is 11.8 Å². The van der Waals surface area contributed by atoms with Gasteiger partial charge in [0, 0.05) is 13.1 Å². The molecule has 0 saturated carbocycles. The minimum atomic E-state index is 0.0145. The maximum Gasteiger partial charge on any atom is 0.233 e. The molecule has 2 aromatic carbocycles. The fourth-order valence-electron chi connectivity index (χ4n) is 3.34. The first-order valence-electron chi connectivity index (χ1n) is 9.31. The van der Waals surface area contributed by atoms with Crippen molar-refractivity contribution < 1.29 is 19.4 Å². The summed E-state index contributed by atoms with van der Waals surface area (Å²) in [7, 11) is 3.22. The molecule has 1 amide bonds. The van der Waals surface area contributed by atoms with Crippen molar-refractivity contribution in [2.24, 2.45) is 0 Å². The van der Waals surface area contributed by atoms with Crippen molar-refractivity contribution in [3.8, 4) is 22.9 Å². The first-order chi connectivity index (χ1) is 14.6. The predicted octanol–water partition coefficient (Wildman–Crippen LogP) is 2.06. The number of carbonyl (C=O) groups is 1. The highest BCUT2D eigenvalue weighted by molar-refractivity contribution is 7.99. The Balaban J connectivity index is 1.43. The molecule has 0 radical (unpaired) electrons. The Kier molecular flexibility index (Phi) is 5.75. The largest absolute Gasteiger partial charge is 0.508 e. The molecule has 1 aliphatic heterocycles. The van der Waals surface area contributed by atoms with Crippen LogP contribution in [0, 0.1) is 0 Å². The zero-order chi connectivity index (χ0) is 21.1. The third-order valence-corrected chi connectivity index (χ3v) is 5.83. The van der Waals surface area contributed by atoms with Gasteiger partial charge in [-0.05, 0) is 64.4 Å². The van der Waals surface area contributed by atoms with Crippen LogP contribution in [0.1, 0.15) is 11.1 Å². The molecule has 30 heavy (non-hydrogen) atoms. The maximum absolute atomic E-state index is 12.8. The van der Waals surface area contributed by atoms with Crippen molar-refractivity contribution in [3.63, 3.8) is 0 Å². The molecule has 0 bridgehead atoms. The topological polar surface area (TPSA) is 103 Å². The van der Waals surface area contributed by atoms with Gasteiger partial charge in [-0.25, -0.2) is 0 Å². The highest BCUT2D eigenvalue weighted by Crippen LogP contribution is 2.33. The Morgan fingerprint density at radius 2 is 1.83 bits per heavy atom. The van der Waals surface area contributed by atoms with Crippen LogP contribution in [0.3, 0.4) is 0 Å². The van der Waals surface area contributed by atoms with Crippen molar-refractivity contribution >= 4 is 17.7 Å². The summed E-state index contributed by atoms with van der Waals surface area (Å²) in [6, 6.07) is 10.5. The summed E-state index contributed by atoms with van der Waals surface area (Å²) in [5.41, 5.74) is 2.94. The minimum absolute atomic E-state index is 0.0145. The number of rotatable bonds is 6. The SMILES string of the molecule is COc1cc2c(cc1OC)CN(C(=O)CSc1nnnn1-c1ccc(O)cc1)CC2. The molecule has 10 heteroatoms. The van der Waals surface area contributed by atoms with Crippen LogP contribution in [-0.2, 0) is 17.8 Å². The van der Waals surface area contributed by atoms with Crippen LogP contribution in [0.5, 0.6) is 17.2 Å². The fourth-order valence-corrected chi connectivity index (χ4v) is 4.13. The number of ether oxygens (including phenoxy) is 2. The van der Waals surface area contributed by atoms with Crippen molar-refractivity contribution in [1.29, 1.82) is 0 Å². The van der Waals surface area contributed by atoms with Gasteiger partial charge in [-0.2, -0.15) is 4.68 Å². The van der Waals surface area contributed by atoms with Crippen LogP contribution < -0.4 is 9.47 Å². The molecule has 0 spiro atoms. The molecule has 0 atom stereocenters. The number of benzene rings is 2. The van der Waals surface area contributed by atoms with E-state index in [0.717, 1.165) is 12.0 Å². The molecule has 0 aliphatic carbocycles. The Morgan fingerprint density at radius 1 is 1.13 bits per heavy atom. The predicted molar refractivity (Wildman–Crippen MR) is 110 cm³/mol. The molecule has 4 rings (SSSR count). The van der Waals surface area contributed by atoms with Crippen LogP contribution in [-0.4, -0.2) is 62.6 Å². The summed E-state index contributed by atoms with van der Waals surface area (Å²) < 4.78 is 12.3. The molecular formula is C20H21N5O4S. The van der Waals surface area contributed by atoms with E-state index in [1.165, 1.54) is 17.3 Å². The standard InChI is InChI=1S/C20H21N5O4S/c1-28-17-9-13-7-8-24(11-14(13)10-18(17)29-2)19(27)12-30-20-21-22-23-25(20)15-3-5-16(26)6-4-15/h3-6,9-10,26H,7-8,11-12H2,1-2H3. The molecule has 9 nitrogen and oxygen atoms in total. The molecule has 0 saturated heterocycles. The molecule has 0 fully saturated rings. The van der Waals surface area contributed by atoms with Gasteiger partial charge in [0.25, 0.3) is 0 Å². The Hall–Kier alpha value is -3.27. The summed E-state index contributed by atoms with van der Waals surface area (Å²) in [4.78, 5) is 14.6. The van der Waals surface area contributed by atoms with E-state index in [2.05, 4.69) is 15.5 Å². The summed E-state index contributed by atoms with van der Waals surface area (Å²) in [6.07, 6.45) is 0.761. The van der Waals surface area contributed by atoms with Gasteiger partial charge in [0.15, 0.2) is 11.5 Å². The Bertz CT molecular complexity index is 1050. The van der Waals surface area contributed by atoms with Crippen molar-refractivity contribution in [1.82, 2.24) is 25.1 Å². The number of fused-ring (bicyclic) bond motifs is 1. The number of hydrogen-bond donors (Lipinski definition) is 1. The number of carbonyl (C=O) groups excluding carboxylic acids is 1. The molecule has 1 aliphatic rings. The first-order valence-corrected chi connectivity index (χ1v) is 10.3. The molecule has 0 unspecified atom stereocenters. The van der Waals surface area contributed by atoms with E-state index in [4.69, 9.17) is 9.47 Å². The fraction of sp³-hybridized carbons (Fsp3) is 0.300. The summed E-state index contributed by atoms with van der Waals surface area (Å²) in [5, 5.41) is 21.6. The van der Waals surface area contributed by atoms with Gasteiger partial charge in [0.05, 0.1) is 25.7 Å². The number of nitrogens with zero attached hydrogens (tertiary/aromatic N) is 5. The lowest BCUT2D eigenvalue weighted by atomic mass is 9.99. The van der Waals surface area contributed by atoms with E-state index in [1.807, 2.05) is 17.0 Å². The zero-order valence-electron chi connectivity index (χ0n) is 16.6. The maximum atomic E-state index is 12.8. The summed E-state index contributed by atoms with van der Waals surface area (Å²) >= 11 is 1.28. The quantitative estimate of drug-likeness (QED) is 0.597. The number of aromatic hydroxyl groups is 1. The third-order valence-electron chi connectivity index (χ3n) is 4.93. The molecule has 1 aromatic heterocycles. The van der Waals surface area contributed by atoms with E-state index < -0.39 is 0 Å². The Morgan fingerprint density at radius 3 is 2.53 bits per heavy atom. The van der Waals surface area contributed by atoms with Gasteiger partial charge in [0.1, 0.15) is 5.75 Å². The van der Waals surface area contributed by atoms with E-state index in [-0.39, 0.29) is 17.4 Å². The summed E-state index contributed by atoms with van der Waals surface area (Å²) in [6.45, 7) is 1.17. The molecule has 2 heterocycles. The monoisotopic (exact) mass is 427 g/mol. The van der Waals surface area contributed by atoms with Crippen molar-refractivity contribution in [2.75, 3.05) is 26.5 Å². The van der Waals surface area contributed by atoms with Gasteiger partial charge in [-0.3, -0.25) is 4.79 Å². The van der Waals surface area contributed by atoms with Crippen LogP contribution in [0.25, 0.3) is 5.69 Å². The van der Waals surface area contributed by atoms with E-state index in [1.54, 1.807) is 43.2 Å². The highest BCUT2D eigenvalue weighted by atomic mass is 32.2. The lowest BCUT2D eigenvalue weighted by Gasteiger charge is -2.29. The smallest absolute Gasteiger partial charge is 0.233 e. The molecular weight excluding hydrogens is 406 g/mol. The lowest BCUT2D eigenvalue weighted by Crippen LogP contribution is -2.37. The minimum Gasteiger partial charge on any atom is -0.508 e. The van der Waals surface area contributed by atoms with Crippen LogP contribution in [0.4, 0.5) is 0 Å². The second kappa shape index (κ2) is 8.62. The number of tetrazole rings is 1. The second-order valence-corrected chi connectivity index (χ2v) is 7.66. The normalized spacial score (nSPS) is 13.1. The van der Waals surface area contributed by atoms with E-state index in [9.17, 15) is 9.90 Å². The van der Waals surface area contributed by atoms with Gasteiger partial charge in [-0.1, -0.05) is 11.8 Å². The van der Waals surface area contributed by atoms with Gasteiger partial charge in [0.2, 0.25) is 11.1 Å².